The van der Waals surface area contributed by atoms with Crippen molar-refractivity contribution in [3.63, 3.8) is 0 Å². The molecule has 1 aromatic rings. The van der Waals surface area contributed by atoms with E-state index in [4.69, 9.17) is 9.47 Å². The zero-order chi connectivity index (χ0) is 18.9. The molecular formula is C21H31N3O3. The zero-order valence-electron chi connectivity index (χ0n) is 16.1. The molecular weight excluding hydrogens is 342 g/mol. The third-order valence-corrected chi connectivity index (χ3v) is 5.03. The Balaban J connectivity index is 1.38. The standard InChI is InChI=1S/C21H31N3O3/c1-2-26-20(25)14-16-5-6-18-15-19(8-7-17(18)13-16)27-12-4-11-24-21-22-9-3-10-23-21/h3,7-9,15-16,21-24H,2,4-6,10-14H2,1H3. The molecule has 3 rings (SSSR count). The number of carbonyl (C=O) groups is 1. The fraction of sp³-hybridized carbons (Fsp3) is 0.571. The third kappa shape index (κ3) is 6.26. The minimum Gasteiger partial charge on any atom is -0.494 e. The monoisotopic (exact) mass is 373 g/mol. The molecule has 0 spiro atoms. The van der Waals surface area contributed by atoms with Crippen LogP contribution in [-0.2, 0) is 22.4 Å². The molecule has 1 aliphatic carbocycles. The summed E-state index contributed by atoms with van der Waals surface area (Å²) in [4.78, 5) is 11.7. The van der Waals surface area contributed by atoms with E-state index in [9.17, 15) is 4.79 Å². The van der Waals surface area contributed by atoms with E-state index in [0.29, 0.717) is 25.6 Å². The van der Waals surface area contributed by atoms with Crippen LogP contribution >= 0.6 is 0 Å². The maximum absolute atomic E-state index is 11.7. The number of hydrogen-bond donors (Lipinski definition) is 3. The second-order valence-corrected chi connectivity index (χ2v) is 7.11. The lowest BCUT2D eigenvalue weighted by Crippen LogP contribution is -2.53. The molecule has 3 N–H and O–H groups in total. The molecule has 2 unspecified atom stereocenters. The minimum atomic E-state index is -0.0749. The molecule has 148 valence electrons. The number of aryl methyl sites for hydroxylation is 1. The van der Waals surface area contributed by atoms with Crippen molar-refractivity contribution in [2.45, 2.75) is 45.3 Å². The second kappa shape index (κ2) is 10.3. The Morgan fingerprint density at radius 1 is 1.33 bits per heavy atom. The quantitative estimate of drug-likeness (QED) is 0.455. The van der Waals surface area contributed by atoms with E-state index in [-0.39, 0.29) is 12.3 Å². The Kier molecular flexibility index (Phi) is 7.54. The van der Waals surface area contributed by atoms with Gasteiger partial charge in [0.25, 0.3) is 0 Å². The molecule has 0 radical (unpaired) electrons. The molecule has 0 fully saturated rings. The van der Waals surface area contributed by atoms with Crippen LogP contribution in [0.4, 0.5) is 0 Å². The summed E-state index contributed by atoms with van der Waals surface area (Å²) >= 11 is 0. The number of benzene rings is 1. The van der Waals surface area contributed by atoms with Gasteiger partial charge in [-0.2, -0.15) is 0 Å². The summed E-state index contributed by atoms with van der Waals surface area (Å²) in [5, 5.41) is 9.91. The molecule has 1 heterocycles. The van der Waals surface area contributed by atoms with Gasteiger partial charge in [0.1, 0.15) is 12.0 Å². The first kappa shape index (κ1) is 19.7. The van der Waals surface area contributed by atoms with Crippen molar-refractivity contribution in [1.82, 2.24) is 16.0 Å². The summed E-state index contributed by atoms with van der Waals surface area (Å²) in [5.41, 5.74) is 2.69. The van der Waals surface area contributed by atoms with E-state index < -0.39 is 0 Å². The lowest BCUT2D eigenvalue weighted by Gasteiger charge is -2.24. The Hall–Kier alpha value is -2.05. The van der Waals surface area contributed by atoms with Gasteiger partial charge in [-0.1, -0.05) is 12.1 Å². The second-order valence-electron chi connectivity index (χ2n) is 7.11. The molecule has 27 heavy (non-hydrogen) atoms. The summed E-state index contributed by atoms with van der Waals surface area (Å²) in [5.74, 6) is 1.26. The molecule has 0 amide bonds. The Morgan fingerprint density at radius 3 is 3.07 bits per heavy atom. The van der Waals surface area contributed by atoms with Crippen LogP contribution in [0.15, 0.2) is 30.5 Å². The van der Waals surface area contributed by atoms with Crippen LogP contribution in [0.3, 0.4) is 0 Å². The van der Waals surface area contributed by atoms with Gasteiger partial charge in [0, 0.05) is 19.5 Å². The number of esters is 1. The van der Waals surface area contributed by atoms with Crippen molar-refractivity contribution in [3.05, 3.63) is 41.6 Å². The highest BCUT2D eigenvalue weighted by atomic mass is 16.5. The van der Waals surface area contributed by atoms with Gasteiger partial charge in [0.2, 0.25) is 0 Å². The van der Waals surface area contributed by atoms with Crippen LogP contribution in [0.2, 0.25) is 0 Å². The van der Waals surface area contributed by atoms with Crippen LogP contribution < -0.4 is 20.7 Å². The molecule has 1 aliphatic heterocycles. The molecule has 1 aromatic carbocycles. The first-order valence-electron chi connectivity index (χ1n) is 10.0. The maximum Gasteiger partial charge on any atom is 0.306 e. The van der Waals surface area contributed by atoms with E-state index >= 15 is 0 Å². The van der Waals surface area contributed by atoms with Gasteiger partial charge in [-0.25, -0.2) is 0 Å². The van der Waals surface area contributed by atoms with E-state index in [0.717, 1.165) is 44.5 Å². The number of hydrogen-bond acceptors (Lipinski definition) is 6. The number of carbonyl (C=O) groups excluding carboxylic acids is 1. The van der Waals surface area contributed by atoms with E-state index in [1.165, 1.54) is 11.1 Å². The van der Waals surface area contributed by atoms with Crippen LogP contribution in [0.5, 0.6) is 5.75 Å². The normalized spacial score (nSPS) is 21.2. The summed E-state index contributed by atoms with van der Waals surface area (Å²) < 4.78 is 11.0. The fourth-order valence-electron chi connectivity index (χ4n) is 3.63. The number of ether oxygens (including phenoxy) is 2. The summed E-state index contributed by atoms with van der Waals surface area (Å²) in [6.07, 6.45) is 8.63. The predicted octanol–water partition coefficient (Wildman–Crippen LogP) is 2.09. The number of nitrogens with one attached hydrogen (secondary N) is 3. The zero-order valence-corrected chi connectivity index (χ0v) is 16.1. The smallest absolute Gasteiger partial charge is 0.306 e. The predicted molar refractivity (Wildman–Crippen MR) is 105 cm³/mol. The van der Waals surface area contributed by atoms with Gasteiger partial charge in [-0.3, -0.25) is 15.4 Å². The van der Waals surface area contributed by atoms with Crippen molar-refractivity contribution in [3.8, 4) is 5.75 Å². The number of fused-ring (bicyclic) bond motifs is 1. The molecule has 6 heteroatoms. The largest absolute Gasteiger partial charge is 0.494 e. The topological polar surface area (TPSA) is 71.6 Å². The molecule has 0 aromatic heterocycles. The van der Waals surface area contributed by atoms with Gasteiger partial charge in [-0.15, -0.1) is 0 Å². The average Bonchev–Trinajstić information content (AvgIpc) is 2.69. The highest BCUT2D eigenvalue weighted by Crippen LogP contribution is 2.30. The lowest BCUT2D eigenvalue weighted by molar-refractivity contribution is -0.144. The first-order chi connectivity index (χ1) is 13.2. The molecule has 2 aliphatic rings. The van der Waals surface area contributed by atoms with Crippen molar-refractivity contribution in [2.75, 3.05) is 26.3 Å². The lowest BCUT2D eigenvalue weighted by atomic mass is 9.82. The van der Waals surface area contributed by atoms with Gasteiger partial charge in [-0.05, 0) is 68.0 Å². The van der Waals surface area contributed by atoms with E-state index in [1.54, 1.807) is 0 Å². The van der Waals surface area contributed by atoms with Gasteiger partial charge < -0.3 is 14.8 Å². The minimum absolute atomic E-state index is 0.0749. The summed E-state index contributed by atoms with van der Waals surface area (Å²) in [6, 6.07) is 6.37. The molecule has 2 atom stereocenters. The Labute approximate surface area is 161 Å². The first-order valence-corrected chi connectivity index (χ1v) is 10.0. The molecule has 6 nitrogen and oxygen atoms in total. The number of rotatable bonds is 9. The SMILES string of the molecule is CCOC(=O)CC1CCc2cc(OCCCNC3NC=CCN3)ccc2C1. The summed E-state index contributed by atoms with van der Waals surface area (Å²) in [7, 11) is 0. The summed E-state index contributed by atoms with van der Waals surface area (Å²) in [6.45, 7) is 4.78. The van der Waals surface area contributed by atoms with E-state index in [2.05, 4.69) is 34.2 Å². The third-order valence-electron chi connectivity index (χ3n) is 5.03. The fourth-order valence-corrected chi connectivity index (χ4v) is 3.63. The maximum atomic E-state index is 11.7. The highest BCUT2D eigenvalue weighted by Gasteiger charge is 2.22. The molecule has 0 saturated heterocycles. The van der Waals surface area contributed by atoms with Crippen LogP contribution in [0.1, 0.15) is 37.3 Å². The van der Waals surface area contributed by atoms with Crippen molar-refractivity contribution in [2.24, 2.45) is 5.92 Å². The van der Waals surface area contributed by atoms with Gasteiger partial charge in [0.05, 0.1) is 13.2 Å². The van der Waals surface area contributed by atoms with Gasteiger partial charge >= 0.3 is 5.97 Å². The van der Waals surface area contributed by atoms with E-state index in [1.807, 2.05) is 19.2 Å². The van der Waals surface area contributed by atoms with Crippen molar-refractivity contribution >= 4 is 5.97 Å². The Bertz CT molecular complexity index is 648. The van der Waals surface area contributed by atoms with Crippen molar-refractivity contribution in [1.29, 1.82) is 0 Å². The molecule has 0 bridgehead atoms. The van der Waals surface area contributed by atoms with Crippen LogP contribution in [0, 0.1) is 5.92 Å². The average molecular weight is 373 g/mol. The van der Waals surface area contributed by atoms with Crippen molar-refractivity contribution < 1.29 is 14.3 Å². The van der Waals surface area contributed by atoms with Gasteiger partial charge in [0.15, 0.2) is 0 Å². The highest BCUT2D eigenvalue weighted by molar-refractivity contribution is 5.69. The van der Waals surface area contributed by atoms with Crippen LogP contribution in [0.25, 0.3) is 0 Å². The Morgan fingerprint density at radius 2 is 2.26 bits per heavy atom. The molecule has 0 saturated carbocycles. The van der Waals surface area contributed by atoms with Crippen LogP contribution in [-0.4, -0.2) is 38.6 Å².